The van der Waals surface area contributed by atoms with E-state index in [1.165, 1.54) is 0 Å². The number of nitrogens with zero attached hydrogens (tertiary/aromatic N) is 6. The van der Waals surface area contributed by atoms with Crippen LogP contribution < -0.4 is 5.32 Å². The lowest BCUT2D eigenvalue weighted by Gasteiger charge is -2.31. The first kappa shape index (κ1) is 21.3. The van der Waals surface area contributed by atoms with Gasteiger partial charge < -0.3 is 5.32 Å². The number of aryl methyl sites for hydroxylation is 1. The van der Waals surface area contributed by atoms with Gasteiger partial charge in [0.15, 0.2) is 5.82 Å². The maximum absolute atomic E-state index is 12.5. The fourth-order valence-corrected chi connectivity index (χ4v) is 3.89. The number of nitrogens with one attached hydrogen (secondary N) is 1. The molecule has 4 rings (SSSR count). The molecule has 0 atom stereocenters. The molecule has 0 aromatic carbocycles. The molecule has 0 radical (unpaired) electrons. The molecule has 1 aliphatic rings. The predicted octanol–water partition coefficient (Wildman–Crippen LogP) is 4.35. The van der Waals surface area contributed by atoms with Gasteiger partial charge in [0.1, 0.15) is 0 Å². The number of alkyl halides is 2. The normalized spacial score (nSPS) is 15.5. The van der Waals surface area contributed by atoms with Gasteiger partial charge in [0.25, 0.3) is 6.43 Å². The molecular weight excluding hydrogens is 400 g/mol. The van der Waals surface area contributed by atoms with E-state index in [2.05, 4.69) is 31.4 Å². The molecule has 9 heteroatoms. The summed E-state index contributed by atoms with van der Waals surface area (Å²) in [6, 6.07) is 4.26. The lowest BCUT2D eigenvalue weighted by atomic mass is 10.1. The highest BCUT2D eigenvalue weighted by Crippen LogP contribution is 2.28. The van der Waals surface area contributed by atoms with Gasteiger partial charge in [-0.3, -0.25) is 4.90 Å². The quantitative estimate of drug-likeness (QED) is 0.592. The van der Waals surface area contributed by atoms with Crippen LogP contribution in [0.2, 0.25) is 0 Å². The van der Waals surface area contributed by atoms with Gasteiger partial charge >= 0.3 is 0 Å². The van der Waals surface area contributed by atoms with Crippen LogP contribution in [-0.2, 0) is 0 Å². The van der Waals surface area contributed by atoms with Gasteiger partial charge in [0, 0.05) is 48.4 Å². The predicted molar refractivity (Wildman–Crippen MR) is 118 cm³/mol. The van der Waals surface area contributed by atoms with Crippen molar-refractivity contribution in [2.24, 2.45) is 4.99 Å². The number of halogens is 2. The lowest BCUT2D eigenvalue weighted by molar-refractivity contribution is 0.0769. The molecule has 164 valence electrons. The molecular formula is C22H27F2N7. The van der Waals surface area contributed by atoms with Crippen LogP contribution in [0.25, 0.3) is 16.6 Å². The third-order valence-corrected chi connectivity index (χ3v) is 5.42. The van der Waals surface area contributed by atoms with E-state index in [9.17, 15) is 8.78 Å². The zero-order valence-corrected chi connectivity index (χ0v) is 18.0. The van der Waals surface area contributed by atoms with Gasteiger partial charge in [-0.15, -0.1) is 5.10 Å². The van der Waals surface area contributed by atoms with Gasteiger partial charge in [0.2, 0.25) is 5.95 Å². The summed E-state index contributed by atoms with van der Waals surface area (Å²) >= 11 is 0. The Morgan fingerprint density at radius 3 is 2.68 bits per heavy atom. The standard InChI is InChI=1S/C22H27F2N7/c1-14(2)27-21-15(3)10-16(11-25-21)18-6-9-31-19(18)12-26-22(29-31)28-17-4-7-30(8-5-17)13-20(23)24/h6,9-12,17,20H,4-5,7-8,13H2,1-3H3,(H,28,29). The minimum atomic E-state index is -2.28. The number of likely N-dealkylation sites (tertiary alicyclic amines) is 1. The van der Waals surface area contributed by atoms with Gasteiger partial charge in [-0.25, -0.2) is 28.3 Å². The van der Waals surface area contributed by atoms with E-state index in [4.69, 9.17) is 0 Å². The number of aliphatic imine (C=N–C) groups is 1. The molecule has 0 saturated carbocycles. The molecule has 0 spiro atoms. The highest BCUT2D eigenvalue weighted by atomic mass is 19.3. The number of pyridine rings is 1. The Bertz CT molecular complexity index is 1080. The smallest absolute Gasteiger partial charge is 0.251 e. The van der Waals surface area contributed by atoms with Crippen molar-refractivity contribution >= 4 is 23.0 Å². The van der Waals surface area contributed by atoms with E-state index >= 15 is 0 Å². The van der Waals surface area contributed by atoms with Crippen LogP contribution in [0.3, 0.4) is 0 Å². The Morgan fingerprint density at radius 2 is 2.00 bits per heavy atom. The van der Waals surface area contributed by atoms with E-state index in [-0.39, 0.29) is 12.6 Å². The molecule has 3 aromatic rings. The SMILES string of the molecule is CC(C)=Nc1ncc(-c2ccn3nc(NC4CCN(CC(F)F)CC4)ncc23)cc1C. The van der Waals surface area contributed by atoms with Gasteiger partial charge in [-0.1, -0.05) is 0 Å². The van der Waals surface area contributed by atoms with Gasteiger partial charge in [0.05, 0.1) is 18.3 Å². The number of hydrogen-bond acceptors (Lipinski definition) is 6. The highest BCUT2D eigenvalue weighted by molar-refractivity contribution is 5.83. The third kappa shape index (κ3) is 5.04. The van der Waals surface area contributed by atoms with Crippen molar-refractivity contribution in [2.45, 2.75) is 46.1 Å². The number of piperidine rings is 1. The van der Waals surface area contributed by atoms with Crippen molar-refractivity contribution in [2.75, 3.05) is 25.0 Å². The Labute approximate surface area is 180 Å². The molecule has 1 N–H and O–H groups in total. The first-order chi connectivity index (χ1) is 14.9. The summed E-state index contributed by atoms with van der Waals surface area (Å²) in [6.07, 6.45) is 4.83. The first-order valence-electron chi connectivity index (χ1n) is 10.5. The van der Waals surface area contributed by atoms with Crippen LogP contribution in [0.5, 0.6) is 0 Å². The Kier molecular flexibility index (Phi) is 6.22. The van der Waals surface area contributed by atoms with Crippen LogP contribution in [0.4, 0.5) is 20.5 Å². The fourth-order valence-electron chi connectivity index (χ4n) is 3.89. The first-order valence-corrected chi connectivity index (χ1v) is 10.5. The van der Waals surface area contributed by atoms with E-state index in [1.54, 1.807) is 15.6 Å². The lowest BCUT2D eigenvalue weighted by Crippen LogP contribution is -2.41. The summed E-state index contributed by atoms with van der Waals surface area (Å²) in [5.74, 6) is 1.27. The van der Waals surface area contributed by atoms with Crippen LogP contribution in [0.1, 0.15) is 32.3 Å². The molecule has 0 aliphatic carbocycles. The maximum Gasteiger partial charge on any atom is 0.251 e. The Hall–Kier alpha value is -2.94. The zero-order valence-electron chi connectivity index (χ0n) is 18.0. The summed E-state index contributed by atoms with van der Waals surface area (Å²) in [4.78, 5) is 15.2. The van der Waals surface area contributed by atoms with Gasteiger partial charge in [-0.05, 0) is 51.3 Å². The second kappa shape index (κ2) is 9.05. The highest BCUT2D eigenvalue weighted by Gasteiger charge is 2.22. The van der Waals surface area contributed by atoms with Gasteiger partial charge in [-0.2, -0.15) is 0 Å². The van der Waals surface area contributed by atoms with E-state index in [0.717, 1.165) is 46.6 Å². The average Bonchev–Trinajstić information content (AvgIpc) is 3.13. The Balaban J connectivity index is 1.48. The second-order valence-electron chi connectivity index (χ2n) is 8.17. The minimum absolute atomic E-state index is 0.152. The summed E-state index contributed by atoms with van der Waals surface area (Å²) in [6.45, 7) is 7.06. The molecule has 0 unspecified atom stereocenters. The third-order valence-electron chi connectivity index (χ3n) is 5.42. The van der Waals surface area contributed by atoms with Crippen molar-refractivity contribution in [3.63, 3.8) is 0 Å². The number of aromatic nitrogens is 4. The second-order valence-corrected chi connectivity index (χ2v) is 8.17. The van der Waals surface area contributed by atoms with E-state index < -0.39 is 6.43 Å². The molecule has 4 heterocycles. The van der Waals surface area contributed by atoms with E-state index in [1.807, 2.05) is 39.2 Å². The van der Waals surface area contributed by atoms with Crippen LogP contribution >= 0.6 is 0 Å². The number of anilines is 1. The number of hydrogen-bond donors (Lipinski definition) is 1. The summed E-state index contributed by atoms with van der Waals surface area (Å²) in [5, 5.41) is 7.93. The molecule has 31 heavy (non-hydrogen) atoms. The topological polar surface area (TPSA) is 70.7 Å². The number of fused-ring (bicyclic) bond motifs is 1. The van der Waals surface area contributed by atoms with Crippen molar-refractivity contribution in [1.82, 2.24) is 24.5 Å². The minimum Gasteiger partial charge on any atom is -0.350 e. The summed E-state index contributed by atoms with van der Waals surface area (Å²) in [5.41, 5.74) is 4.86. The monoisotopic (exact) mass is 427 g/mol. The molecule has 1 saturated heterocycles. The summed E-state index contributed by atoms with van der Waals surface area (Å²) in [7, 11) is 0. The van der Waals surface area contributed by atoms with Crippen LogP contribution in [-0.4, -0.2) is 62.3 Å². The van der Waals surface area contributed by atoms with Crippen molar-refractivity contribution < 1.29 is 8.78 Å². The average molecular weight is 428 g/mol. The van der Waals surface area contributed by atoms with Crippen LogP contribution in [0, 0.1) is 6.92 Å². The number of rotatable bonds is 6. The molecule has 0 bridgehead atoms. The van der Waals surface area contributed by atoms with Crippen molar-refractivity contribution in [3.8, 4) is 11.1 Å². The molecule has 7 nitrogen and oxygen atoms in total. The molecule has 1 aliphatic heterocycles. The summed E-state index contributed by atoms with van der Waals surface area (Å²) < 4.78 is 26.9. The molecule has 0 amide bonds. The Morgan fingerprint density at radius 1 is 1.23 bits per heavy atom. The van der Waals surface area contributed by atoms with Crippen molar-refractivity contribution in [3.05, 3.63) is 36.3 Å². The van der Waals surface area contributed by atoms with E-state index in [0.29, 0.717) is 19.0 Å². The fraction of sp³-hybridized carbons (Fsp3) is 0.455. The molecule has 1 fully saturated rings. The van der Waals surface area contributed by atoms with Crippen LogP contribution in [0.15, 0.2) is 35.7 Å². The largest absolute Gasteiger partial charge is 0.350 e. The zero-order chi connectivity index (χ0) is 22.0. The maximum atomic E-state index is 12.5. The van der Waals surface area contributed by atoms with Crippen molar-refractivity contribution in [1.29, 1.82) is 0 Å². The molecule has 3 aromatic heterocycles.